The number of imidazole rings is 1. The summed E-state index contributed by atoms with van der Waals surface area (Å²) >= 11 is 0. The molecule has 6 heteroatoms. The van der Waals surface area contributed by atoms with Gasteiger partial charge in [-0.3, -0.25) is 4.57 Å². The normalized spacial score (nSPS) is 9.65. The Bertz CT molecular complexity index is 635. The minimum Gasteiger partial charge on any atom is -0.273 e. The number of rotatable bonds is 1. The van der Waals surface area contributed by atoms with Gasteiger partial charge in [-0.1, -0.05) is 0 Å². The van der Waals surface area contributed by atoms with Crippen LogP contribution in [0.5, 0.6) is 0 Å². The smallest absolute Gasteiger partial charge is 0.177 e. The molecule has 6 nitrogen and oxygen atoms in total. The van der Waals surface area contributed by atoms with E-state index < -0.39 is 0 Å². The summed E-state index contributed by atoms with van der Waals surface area (Å²) in [6.45, 7) is 3.61. The Morgan fingerprint density at radius 3 is 2.53 bits per heavy atom. The molecule has 0 unspecified atom stereocenters. The maximum atomic E-state index is 9.01. The van der Waals surface area contributed by atoms with Crippen LogP contribution in [-0.2, 0) is 0 Å². The van der Waals surface area contributed by atoms with Crippen LogP contribution in [0.15, 0.2) is 12.4 Å². The van der Waals surface area contributed by atoms with Crippen molar-refractivity contribution >= 4 is 0 Å². The second-order valence-electron chi connectivity index (χ2n) is 3.45. The molecule has 2 heterocycles. The van der Waals surface area contributed by atoms with E-state index in [1.165, 1.54) is 10.9 Å². The van der Waals surface area contributed by atoms with E-state index in [-0.39, 0.29) is 11.4 Å². The monoisotopic (exact) mass is 224 g/mol. The van der Waals surface area contributed by atoms with E-state index in [9.17, 15) is 0 Å². The SMILES string of the molecule is Cc1cc(-n2cnc(C#N)c2C#N)nc(C)n1. The first kappa shape index (κ1) is 10.8. The van der Waals surface area contributed by atoms with E-state index in [1.54, 1.807) is 13.0 Å². The third-order valence-electron chi connectivity index (χ3n) is 2.18. The predicted octanol–water partition coefficient (Wildman–Crippen LogP) is 1.02. The minimum atomic E-state index is 0.0985. The summed E-state index contributed by atoms with van der Waals surface area (Å²) in [5.41, 5.74) is 1.08. The second-order valence-corrected chi connectivity index (χ2v) is 3.45. The molecule has 0 bridgehead atoms. The van der Waals surface area contributed by atoms with Gasteiger partial charge in [0.1, 0.15) is 30.1 Å². The van der Waals surface area contributed by atoms with E-state index in [2.05, 4.69) is 15.0 Å². The maximum Gasteiger partial charge on any atom is 0.177 e. The van der Waals surface area contributed by atoms with Crippen LogP contribution in [-0.4, -0.2) is 19.5 Å². The second kappa shape index (κ2) is 4.03. The third kappa shape index (κ3) is 1.84. The first-order valence-corrected chi connectivity index (χ1v) is 4.86. The van der Waals surface area contributed by atoms with Crippen LogP contribution >= 0.6 is 0 Å². The molecule has 0 fully saturated rings. The standard InChI is InChI=1S/C11H8N6/c1-7-3-11(16-8(2)15-7)17-6-14-9(4-12)10(17)5-13/h3,6H,1-2H3. The van der Waals surface area contributed by atoms with Gasteiger partial charge in [-0.2, -0.15) is 10.5 Å². The van der Waals surface area contributed by atoms with Crippen LogP contribution in [0.1, 0.15) is 22.9 Å². The lowest BCUT2D eigenvalue weighted by Gasteiger charge is -2.04. The van der Waals surface area contributed by atoms with Gasteiger partial charge in [0.25, 0.3) is 0 Å². The molecule has 0 atom stereocenters. The highest BCUT2D eigenvalue weighted by atomic mass is 15.1. The van der Waals surface area contributed by atoms with Gasteiger partial charge < -0.3 is 0 Å². The van der Waals surface area contributed by atoms with Crippen LogP contribution in [0, 0.1) is 36.5 Å². The van der Waals surface area contributed by atoms with Crippen molar-refractivity contribution < 1.29 is 0 Å². The summed E-state index contributed by atoms with van der Waals surface area (Å²) in [5.74, 6) is 1.15. The molecule has 0 aliphatic rings. The number of aryl methyl sites for hydroxylation is 2. The molecular weight excluding hydrogens is 216 g/mol. The molecule has 2 rings (SSSR count). The molecule has 17 heavy (non-hydrogen) atoms. The van der Waals surface area contributed by atoms with Crippen LogP contribution in [0.25, 0.3) is 5.82 Å². The van der Waals surface area contributed by atoms with E-state index in [4.69, 9.17) is 10.5 Å². The van der Waals surface area contributed by atoms with Crippen LogP contribution < -0.4 is 0 Å². The Labute approximate surface area is 97.8 Å². The topological polar surface area (TPSA) is 91.2 Å². The van der Waals surface area contributed by atoms with E-state index in [1.807, 2.05) is 19.1 Å². The molecule has 2 aromatic rings. The summed E-state index contributed by atoms with van der Waals surface area (Å²) in [6, 6.07) is 5.55. The highest BCUT2D eigenvalue weighted by Gasteiger charge is 2.12. The van der Waals surface area contributed by atoms with Crippen molar-refractivity contribution in [3.8, 4) is 18.0 Å². The van der Waals surface area contributed by atoms with Gasteiger partial charge in [0, 0.05) is 11.8 Å². The molecule has 0 aliphatic heterocycles. The molecule has 0 radical (unpaired) electrons. The molecule has 82 valence electrons. The highest BCUT2D eigenvalue weighted by molar-refractivity contribution is 5.41. The number of nitriles is 2. The number of hydrogen-bond acceptors (Lipinski definition) is 5. The van der Waals surface area contributed by atoms with Crippen molar-refractivity contribution in [1.29, 1.82) is 10.5 Å². The lowest BCUT2D eigenvalue weighted by atomic mass is 10.3. The fourth-order valence-corrected chi connectivity index (χ4v) is 1.53. The molecule has 2 aromatic heterocycles. The fourth-order valence-electron chi connectivity index (χ4n) is 1.53. The molecule has 0 saturated heterocycles. The summed E-state index contributed by atoms with van der Waals surface area (Å²) in [7, 11) is 0. The highest BCUT2D eigenvalue weighted by Crippen LogP contribution is 2.12. The summed E-state index contributed by atoms with van der Waals surface area (Å²) in [5, 5.41) is 17.8. The molecular formula is C11H8N6. The average molecular weight is 224 g/mol. The van der Waals surface area contributed by atoms with Crippen molar-refractivity contribution in [2.45, 2.75) is 13.8 Å². The minimum absolute atomic E-state index is 0.0985. The first-order chi connectivity index (χ1) is 8.15. The quantitative estimate of drug-likeness (QED) is 0.721. The zero-order valence-corrected chi connectivity index (χ0v) is 9.34. The van der Waals surface area contributed by atoms with Crippen molar-refractivity contribution in [1.82, 2.24) is 19.5 Å². The van der Waals surface area contributed by atoms with Gasteiger partial charge >= 0.3 is 0 Å². The van der Waals surface area contributed by atoms with Gasteiger partial charge in [0.05, 0.1) is 0 Å². The average Bonchev–Trinajstić information content (AvgIpc) is 2.70. The lowest BCUT2D eigenvalue weighted by Crippen LogP contribution is -2.03. The zero-order chi connectivity index (χ0) is 12.4. The lowest BCUT2D eigenvalue weighted by molar-refractivity contribution is 0.911. The Kier molecular flexibility index (Phi) is 2.55. The van der Waals surface area contributed by atoms with Crippen LogP contribution in [0.4, 0.5) is 0 Å². The fraction of sp³-hybridized carbons (Fsp3) is 0.182. The molecule has 0 spiro atoms. The number of aromatic nitrogens is 4. The molecule has 0 saturated carbocycles. The first-order valence-electron chi connectivity index (χ1n) is 4.86. The summed E-state index contributed by atoms with van der Waals surface area (Å²) < 4.78 is 1.49. The Balaban J connectivity index is 2.66. The number of nitrogens with zero attached hydrogens (tertiary/aromatic N) is 6. The maximum absolute atomic E-state index is 9.01. The third-order valence-corrected chi connectivity index (χ3v) is 2.18. The largest absolute Gasteiger partial charge is 0.273 e. The summed E-state index contributed by atoms with van der Waals surface area (Å²) in [4.78, 5) is 12.2. The van der Waals surface area contributed by atoms with Crippen LogP contribution in [0.3, 0.4) is 0 Å². The van der Waals surface area contributed by atoms with Crippen molar-refractivity contribution in [3.05, 3.63) is 35.3 Å². The van der Waals surface area contributed by atoms with E-state index >= 15 is 0 Å². The van der Waals surface area contributed by atoms with E-state index in [0.717, 1.165) is 5.69 Å². The van der Waals surface area contributed by atoms with Gasteiger partial charge in [-0.15, -0.1) is 0 Å². The summed E-state index contributed by atoms with van der Waals surface area (Å²) in [6.07, 6.45) is 1.42. The molecule has 0 aromatic carbocycles. The van der Waals surface area contributed by atoms with Crippen LogP contribution in [0.2, 0.25) is 0 Å². The zero-order valence-electron chi connectivity index (χ0n) is 9.34. The van der Waals surface area contributed by atoms with Crippen molar-refractivity contribution in [2.75, 3.05) is 0 Å². The Hall–Kier alpha value is -2.73. The molecule has 0 N–H and O–H groups in total. The van der Waals surface area contributed by atoms with Crippen molar-refractivity contribution in [2.24, 2.45) is 0 Å². The van der Waals surface area contributed by atoms with Gasteiger partial charge in [0.2, 0.25) is 0 Å². The Morgan fingerprint density at radius 2 is 1.94 bits per heavy atom. The van der Waals surface area contributed by atoms with Gasteiger partial charge in [0.15, 0.2) is 11.4 Å². The Morgan fingerprint density at radius 1 is 1.18 bits per heavy atom. The van der Waals surface area contributed by atoms with Crippen molar-refractivity contribution in [3.63, 3.8) is 0 Å². The number of hydrogen-bond donors (Lipinski definition) is 0. The van der Waals surface area contributed by atoms with Gasteiger partial charge in [-0.05, 0) is 13.8 Å². The van der Waals surface area contributed by atoms with E-state index in [0.29, 0.717) is 11.6 Å². The molecule has 0 aliphatic carbocycles. The predicted molar refractivity (Wildman–Crippen MR) is 58.1 cm³/mol. The van der Waals surface area contributed by atoms with Gasteiger partial charge in [-0.25, -0.2) is 15.0 Å². The molecule has 0 amide bonds.